The Hall–Kier alpha value is -0.758. The standard InChI is InChI=1S/C20H23O7S.U/c1-15-7-9-17(10-8-15)28(23,24)27-14-20(13-21)19(18(22)12-26-20)25-11-16-5-3-2-4-6-16;/h2-10,12,18-19,21-22H,11,13-14H2,1H3;/q-1;+2. The summed E-state index contributed by atoms with van der Waals surface area (Å²) in [4.78, 5) is -0.00420. The molecule has 0 aromatic heterocycles. The molecule has 2 aromatic carbocycles. The fourth-order valence-corrected chi connectivity index (χ4v) is 3.87. The number of hydrogen-bond acceptors (Lipinski definition) is 7. The van der Waals surface area contributed by atoms with Crippen LogP contribution >= 0.6 is 0 Å². The van der Waals surface area contributed by atoms with Crippen molar-refractivity contribution < 1.29 is 63.4 Å². The summed E-state index contributed by atoms with van der Waals surface area (Å²) in [7, 11) is -4.06. The molecule has 0 amide bonds. The number of ether oxygens (including phenoxy) is 2. The predicted octanol–water partition coefficient (Wildman–Crippen LogP) is 1.57. The van der Waals surface area contributed by atoms with Gasteiger partial charge in [0, 0.05) is 0 Å². The zero-order valence-electron chi connectivity index (χ0n) is 15.9. The van der Waals surface area contributed by atoms with Crippen molar-refractivity contribution in [3.8, 4) is 0 Å². The van der Waals surface area contributed by atoms with Crippen LogP contribution in [0.1, 0.15) is 11.1 Å². The maximum absolute atomic E-state index is 12.5. The van der Waals surface area contributed by atoms with Crippen molar-refractivity contribution in [2.75, 3.05) is 13.2 Å². The van der Waals surface area contributed by atoms with Crippen LogP contribution in [0.3, 0.4) is 0 Å². The van der Waals surface area contributed by atoms with E-state index in [1.165, 1.54) is 12.1 Å². The minimum Gasteiger partial charge on any atom is -0.540 e. The summed E-state index contributed by atoms with van der Waals surface area (Å²) >= 11 is 0. The number of aryl methyl sites for hydroxylation is 1. The molecule has 2 N–H and O–H groups in total. The Balaban J connectivity index is 0.00000300. The van der Waals surface area contributed by atoms with E-state index in [-0.39, 0.29) is 42.6 Å². The normalized spacial score (nSPS) is 24.2. The first-order valence-electron chi connectivity index (χ1n) is 8.78. The maximum atomic E-state index is 12.5. The molecule has 1 aliphatic heterocycles. The van der Waals surface area contributed by atoms with Gasteiger partial charge in [0.15, 0.2) is 0 Å². The molecule has 3 unspecified atom stereocenters. The van der Waals surface area contributed by atoms with Crippen molar-refractivity contribution in [1.29, 1.82) is 0 Å². The summed E-state index contributed by atoms with van der Waals surface area (Å²) < 4.78 is 41.2. The molecular formula is C20H23O7SU+. The molecule has 0 aliphatic carbocycles. The Kier molecular flexibility index (Phi) is 8.89. The molecule has 3 atom stereocenters. The van der Waals surface area contributed by atoms with E-state index >= 15 is 0 Å². The molecule has 29 heavy (non-hydrogen) atoms. The molecule has 0 spiro atoms. The van der Waals surface area contributed by atoms with Gasteiger partial charge in [-0.15, -0.1) is 0 Å². The van der Waals surface area contributed by atoms with Gasteiger partial charge in [0.2, 0.25) is 0 Å². The molecule has 2 aromatic rings. The molecule has 0 radical (unpaired) electrons. The Bertz CT molecular complexity index is 873. The van der Waals surface area contributed by atoms with Gasteiger partial charge in [0.25, 0.3) is 10.1 Å². The first-order valence-corrected chi connectivity index (χ1v) is 10.2. The van der Waals surface area contributed by atoms with Crippen molar-refractivity contribution in [2.24, 2.45) is 0 Å². The molecule has 1 fully saturated rings. The second-order valence-electron chi connectivity index (χ2n) is 6.71. The second-order valence-corrected chi connectivity index (χ2v) is 8.33. The molecular weight excluding hydrogens is 622 g/mol. The largest absolute Gasteiger partial charge is 2.00 e. The molecule has 9 heteroatoms. The first-order chi connectivity index (χ1) is 13.4. The topological polar surface area (TPSA) is 102 Å². The summed E-state index contributed by atoms with van der Waals surface area (Å²) in [6, 6.07) is 15.5. The van der Waals surface area contributed by atoms with Crippen molar-refractivity contribution in [3.05, 3.63) is 72.3 Å². The third kappa shape index (κ3) is 5.90. The van der Waals surface area contributed by atoms with E-state index < -0.39 is 41.1 Å². The Morgan fingerprint density at radius 3 is 2.41 bits per heavy atom. The fraction of sp³-hybridized carbons (Fsp3) is 0.350. The van der Waals surface area contributed by atoms with Crippen molar-refractivity contribution in [1.82, 2.24) is 0 Å². The van der Waals surface area contributed by atoms with Crippen molar-refractivity contribution in [2.45, 2.75) is 36.2 Å². The molecule has 3 rings (SSSR count). The van der Waals surface area contributed by atoms with E-state index in [1.807, 2.05) is 37.3 Å². The van der Waals surface area contributed by atoms with Gasteiger partial charge in [-0.2, -0.15) is 15.0 Å². The van der Waals surface area contributed by atoms with E-state index in [9.17, 15) is 18.6 Å². The van der Waals surface area contributed by atoms with Crippen LogP contribution in [0.15, 0.2) is 59.5 Å². The molecule has 1 saturated heterocycles. The van der Waals surface area contributed by atoms with E-state index in [2.05, 4.69) is 0 Å². The van der Waals surface area contributed by atoms with Gasteiger partial charge in [-0.05, 0) is 30.7 Å². The van der Waals surface area contributed by atoms with Gasteiger partial charge >= 0.3 is 31.1 Å². The van der Waals surface area contributed by atoms with Gasteiger partial charge in [-0.3, -0.25) is 4.18 Å². The number of benzene rings is 2. The maximum Gasteiger partial charge on any atom is 2.00 e. The number of aliphatic hydroxyl groups excluding tert-OH is 2. The number of rotatable bonds is 8. The quantitative estimate of drug-likeness (QED) is 0.332. The van der Waals surface area contributed by atoms with E-state index in [0.717, 1.165) is 17.7 Å². The Morgan fingerprint density at radius 1 is 1.14 bits per heavy atom. The van der Waals surface area contributed by atoms with Gasteiger partial charge in [0.05, 0.1) is 30.8 Å². The second kappa shape index (κ2) is 10.5. The van der Waals surface area contributed by atoms with E-state index in [4.69, 9.17) is 13.7 Å². The minimum atomic E-state index is -4.06. The van der Waals surface area contributed by atoms with Crippen molar-refractivity contribution in [3.63, 3.8) is 0 Å². The Morgan fingerprint density at radius 2 is 1.79 bits per heavy atom. The zero-order valence-corrected chi connectivity index (χ0v) is 20.9. The SMILES string of the molecule is Cc1ccc(S(=O)(=O)OCC2(CO)O[CH-]C(O)C2OCc2ccccc2)cc1.[U+2]. The van der Waals surface area contributed by atoms with Crippen LogP contribution in [0.5, 0.6) is 0 Å². The molecule has 7 nitrogen and oxygen atoms in total. The van der Waals surface area contributed by atoms with Crippen LogP contribution in [0.4, 0.5) is 0 Å². The third-order valence-electron chi connectivity index (χ3n) is 4.58. The minimum absolute atomic E-state index is 0. The van der Waals surface area contributed by atoms with Crippen LogP contribution in [0.25, 0.3) is 0 Å². The monoisotopic (exact) mass is 645 g/mol. The van der Waals surface area contributed by atoms with E-state index in [0.29, 0.717) is 0 Å². The number of hydrogen-bond donors (Lipinski definition) is 2. The van der Waals surface area contributed by atoms with Crippen LogP contribution in [0, 0.1) is 44.6 Å². The molecule has 0 bridgehead atoms. The average molecular weight is 645 g/mol. The molecule has 0 saturated carbocycles. The summed E-state index contributed by atoms with van der Waals surface area (Å²) in [5.41, 5.74) is 0.241. The third-order valence-corrected chi connectivity index (χ3v) is 5.86. The summed E-state index contributed by atoms with van der Waals surface area (Å²) in [6.07, 6.45) is -2.13. The zero-order chi connectivity index (χ0) is 20.2. The predicted molar refractivity (Wildman–Crippen MR) is 101 cm³/mol. The van der Waals surface area contributed by atoms with Gasteiger partial charge in [0.1, 0.15) is 5.60 Å². The Labute approximate surface area is 194 Å². The first kappa shape index (κ1) is 24.5. The molecule has 1 heterocycles. The van der Waals surface area contributed by atoms with Crippen LogP contribution in [-0.4, -0.2) is 49.7 Å². The summed E-state index contributed by atoms with van der Waals surface area (Å²) in [5.74, 6) is 0. The van der Waals surface area contributed by atoms with Gasteiger partial charge in [-0.1, -0.05) is 48.0 Å². The smallest absolute Gasteiger partial charge is 0.540 e. The van der Waals surface area contributed by atoms with Crippen LogP contribution in [-0.2, 0) is 30.4 Å². The van der Waals surface area contributed by atoms with E-state index in [1.54, 1.807) is 12.1 Å². The number of aliphatic hydroxyl groups is 2. The van der Waals surface area contributed by atoms with Crippen molar-refractivity contribution >= 4 is 10.1 Å². The molecule has 1 aliphatic rings. The van der Waals surface area contributed by atoms with Crippen LogP contribution in [0.2, 0.25) is 0 Å². The van der Waals surface area contributed by atoms with Crippen LogP contribution < -0.4 is 0 Å². The summed E-state index contributed by atoms with van der Waals surface area (Å²) in [6.45, 7) is 2.02. The average Bonchev–Trinajstić information content (AvgIpc) is 3.02. The summed E-state index contributed by atoms with van der Waals surface area (Å²) in [5, 5.41) is 20.1. The van der Waals surface area contributed by atoms with Gasteiger partial charge in [-0.25, -0.2) is 0 Å². The molecule has 154 valence electrons. The van der Waals surface area contributed by atoms with Gasteiger partial charge < -0.3 is 19.7 Å². The fourth-order valence-electron chi connectivity index (χ4n) is 2.90.